The molecule has 2 rings (SSSR count). The predicted molar refractivity (Wildman–Crippen MR) is 77.0 cm³/mol. The summed E-state index contributed by atoms with van der Waals surface area (Å²) in [5, 5.41) is 20.6. The number of thioether (sulfide) groups is 1. The Balaban J connectivity index is 1.74. The molecule has 1 unspecified atom stereocenters. The number of aliphatic carboxylic acids is 1. The summed E-state index contributed by atoms with van der Waals surface area (Å²) in [5.74, 6) is -0.815. The lowest BCUT2D eigenvalue weighted by Crippen LogP contribution is -2.36. The monoisotopic (exact) mass is 302 g/mol. The molecule has 106 valence electrons. The number of aromatic nitrogens is 2. The zero-order chi connectivity index (χ0) is 13.8. The number of hydrogen-bond acceptors (Lipinski definition) is 7. The summed E-state index contributed by atoms with van der Waals surface area (Å²) in [6.45, 7) is 3.01. The molecule has 0 bridgehead atoms. The van der Waals surface area contributed by atoms with Crippen LogP contribution in [-0.4, -0.2) is 57.6 Å². The molecular formula is C11H18N4O2S2. The van der Waals surface area contributed by atoms with Gasteiger partial charge in [-0.15, -0.1) is 10.2 Å². The van der Waals surface area contributed by atoms with Crippen LogP contribution in [0.2, 0.25) is 0 Å². The molecule has 1 aromatic heterocycles. The Morgan fingerprint density at radius 3 is 3.00 bits per heavy atom. The normalized spacial score (nSPS) is 16.6. The number of nitrogens with zero attached hydrogens (tertiary/aromatic N) is 3. The molecule has 1 atom stereocenters. The van der Waals surface area contributed by atoms with Gasteiger partial charge in [-0.3, -0.25) is 9.69 Å². The second-order valence-electron chi connectivity index (χ2n) is 4.68. The first-order valence-corrected chi connectivity index (χ1v) is 8.00. The van der Waals surface area contributed by atoms with Crippen LogP contribution in [0, 0.1) is 0 Å². The summed E-state index contributed by atoms with van der Waals surface area (Å²) in [6, 6.07) is 1.19. The Labute approximate surface area is 120 Å². The summed E-state index contributed by atoms with van der Waals surface area (Å²) < 4.78 is 0.688. The maximum absolute atomic E-state index is 10.5. The van der Waals surface area contributed by atoms with Crippen LogP contribution in [0.3, 0.4) is 0 Å². The number of hydrogen-bond donors (Lipinski definition) is 2. The standard InChI is InChI=1S/C11H18N4O2S2/c1-7(15(2)8-3-4-8)5-12-10-13-14-11(19-10)18-6-9(16)17/h7-8H,3-6H2,1-2H3,(H,12,13)(H,16,17). The number of rotatable bonds is 8. The van der Waals surface area contributed by atoms with E-state index in [1.54, 1.807) is 0 Å². The molecule has 0 aliphatic heterocycles. The highest BCUT2D eigenvalue weighted by atomic mass is 32.2. The molecule has 0 saturated heterocycles. The molecule has 1 saturated carbocycles. The third kappa shape index (κ3) is 4.63. The molecule has 1 aliphatic carbocycles. The molecule has 2 N–H and O–H groups in total. The van der Waals surface area contributed by atoms with Gasteiger partial charge in [0.1, 0.15) is 0 Å². The van der Waals surface area contributed by atoms with Gasteiger partial charge in [-0.25, -0.2) is 0 Å². The summed E-state index contributed by atoms with van der Waals surface area (Å²) >= 11 is 2.60. The first-order valence-electron chi connectivity index (χ1n) is 6.20. The smallest absolute Gasteiger partial charge is 0.313 e. The van der Waals surface area contributed by atoms with Gasteiger partial charge in [0.05, 0.1) is 5.75 Å². The maximum Gasteiger partial charge on any atom is 0.313 e. The number of carbonyl (C=O) groups is 1. The van der Waals surface area contributed by atoms with Crippen LogP contribution < -0.4 is 5.32 Å². The van der Waals surface area contributed by atoms with Crippen LogP contribution >= 0.6 is 23.1 Å². The molecule has 6 nitrogen and oxygen atoms in total. The minimum absolute atomic E-state index is 0.0233. The van der Waals surface area contributed by atoms with Gasteiger partial charge in [0.25, 0.3) is 0 Å². The lowest BCUT2D eigenvalue weighted by molar-refractivity contribution is -0.133. The van der Waals surface area contributed by atoms with Crippen LogP contribution in [0.1, 0.15) is 19.8 Å². The van der Waals surface area contributed by atoms with E-state index in [0.29, 0.717) is 10.4 Å². The number of likely N-dealkylation sites (N-methyl/N-ethyl adjacent to an activating group) is 1. The third-order valence-electron chi connectivity index (χ3n) is 3.09. The number of nitrogens with one attached hydrogen (secondary N) is 1. The van der Waals surface area contributed by atoms with Gasteiger partial charge in [-0.2, -0.15) is 0 Å². The van der Waals surface area contributed by atoms with Crippen molar-refractivity contribution >= 4 is 34.2 Å². The Hall–Kier alpha value is -0.860. The number of carboxylic acids is 1. The molecule has 0 radical (unpaired) electrons. The van der Waals surface area contributed by atoms with E-state index in [2.05, 4.69) is 34.4 Å². The maximum atomic E-state index is 10.5. The van der Waals surface area contributed by atoms with Crippen molar-refractivity contribution in [2.24, 2.45) is 0 Å². The van der Waals surface area contributed by atoms with Gasteiger partial charge in [0.2, 0.25) is 5.13 Å². The molecule has 1 fully saturated rings. The largest absolute Gasteiger partial charge is 0.481 e. The number of anilines is 1. The predicted octanol–water partition coefficient (Wildman–Crippen LogP) is 1.61. The highest BCUT2D eigenvalue weighted by Gasteiger charge is 2.28. The van der Waals surface area contributed by atoms with Crippen molar-refractivity contribution in [3.63, 3.8) is 0 Å². The fraction of sp³-hybridized carbons (Fsp3) is 0.727. The molecule has 8 heteroatoms. The quantitative estimate of drug-likeness (QED) is 0.706. The van der Waals surface area contributed by atoms with E-state index in [9.17, 15) is 4.79 Å². The Bertz CT molecular complexity index is 436. The van der Waals surface area contributed by atoms with E-state index in [1.807, 2.05) is 0 Å². The zero-order valence-corrected chi connectivity index (χ0v) is 12.6. The number of carboxylic acid groups (broad SMARTS) is 1. The summed E-state index contributed by atoms with van der Waals surface area (Å²) in [7, 11) is 2.15. The van der Waals surface area contributed by atoms with Crippen LogP contribution in [0.4, 0.5) is 5.13 Å². The van der Waals surface area contributed by atoms with Gasteiger partial charge >= 0.3 is 5.97 Å². The van der Waals surface area contributed by atoms with E-state index in [4.69, 9.17) is 5.11 Å². The Morgan fingerprint density at radius 1 is 1.63 bits per heavy atom. The average Bonchev–Trinajstić information content (AvgIpc) is 3.12. The molecule has 0 aromatic carbocycles. The first-order chi connectivity index (χ1) is 9.06. The lowest BCUT2D eigenvalue weighted by Gasteiger charge is -2.24. The van der Waals surface area contributed by atoms with Gasteiger partial charge < -0.3 is 10.4 Å². The average molecular weight is 302 g/mol. The Morgan fingerprint density at radius 2 is 2.37 bits per heavy atom. The molecule has 1 aromatic rings. The minimum Gasteiger partial charge on any atom is -0.481 e. The van der Waals surface area contributed by atoms with Crippen molar-refractivity contribution in [1.82, 2.24) is 15.1 Å². The molecular weight excluding hydrogens is 284 g/mol. The first kappa shape index (κ1) is 14.5. The van der Waals surface area contributed by atoms with E-state index >= 15 is 0 Å². The highest BCUT2D eigenvalue weighted by Crippen LogP contribution is 2.28. The molecule has 1 heterocycles. The van der Waals surface area contributed by atoms with E-state index in [-0.39, 0.29) is 5.75 Å². The molecule has 19 heavy (non-hydrogen) atoms. The second kappa shape index (κ2) is 6.53. The van der Waals surface area contributed by atoms with Crippen molar-refractivity contribution in [2.45, 2.75) is 36.2 Å². The highest BCUT2D eigenvalue weighted by molar-refractivity contribution is 8.01. The molecule has 0 spiro atoms. The van der Waals surface area contributed by atoms with Crippen molar-refractivity contribution < 1.29 is 9.90 Å². The lowest BCUT2D eigenvalue weighted by atomic mass is 10.3. The topological polar surface area (TPSA) is 78.3 Å². The van der Waals surface area contributed by atoms with Gasteiger partial charge in [0.15, 0.2) is 4.34 Å². The van der Waals surface area contributed by atoms with Gasteiger partial charge in [-0.05, 0) is 26.8 Å². The van der Waals surface area contributed by atoms with Crippen LogP contribution in [0.15, 0.2) is 4.34 Å². The summed E-state index contributed by atoms with van der Waals surface area (Å²) in [6.07, 6.45) is 2.60. The van der Waals surface area contributed by atoms with Crippen LogP contribution in [0.5, 0.6) is 0 Å². The summed E-state index contributed by atoms with van der Waals surface area (Å²) in [5.41, 5.74) is 0. The second-order valence-corrected chi connectivity index (χ2v) is 6.88. The molecule has 0 amide bonds. The van der Waals surface area contributed by atoms with Gasteiger partial charge in [0, 0.05) is 18.6 Å². The van der Waals surface area contributed by atoms with Crippen molar-refractivity contribution in [3.8, 4) is 0 Å². The Kier molecular flexibility index (Phi) is 5.00. The van der Waals surface area contributed by atoms with Crippen molar-refractivity contribution in [1.29, 1.82) is 0 Å². The van der Waals surface area contributed by atoms with Gasteiger partial charge in [-0.1, -0.05) is 23.1 Å². The minimum atomic E-state index is -0.839. The molecule has 1 aliphatic rings. The van der Waals surface area contributed by atoms with E-state index < -0.39 is 5.97 Å². The fourth-order valence-electron chi connectivity index (χ4n) is 1.68. The fourth-order valence-corrected chi connectivity index (χ4v) is 3.16. The van der Waals surface area contributed by atoms with E-state index in [1.165, 1.54) is 35.9 Å². The van der Waals surface area contributed by atoms with Crippen molar-refractivity contribution in [2.75, 3.05) is 24.7 Å². The van der Waals surface area contributed by atoms with Crippen molar-refractivity contribution in [3.05, 3.63) is 0 Å². The SMILES string of the molecule is CC(CNc1nnc(SCC(=O)O)s1)N(C)C1CC1. The van der Waals surface area contributed by atoms with Crippen LogP contribution in [0.25, 0.3) is 0 Å². The summed E-state index contributed by atoms with van der Waals surface area (Å²) in [4.78, 5) is 12.8. The third-order valence-corrected chi connectivity index (χ3v) is 5.09. The zero-order valence-electron chi connectivity index (χ0n) is 11.0. The van der Waals surface area contributed by atoms with Crippen LogP contribution in [-0.2, 0) is 4.79 Å². The van der Waals surface area contributed by atoms with E-state index in [0.717, 1.165) is 17.7 Å².